The summed E-state index contributed by atoms with van der Waals surface area (Å²) in [7, 11) is 0. The van der Waals surface area contributed by atoms with E-state index in [0.29, 0.717) is 12.5 Å². The Bertz CT molecular complexity index is 546. The molecule has 0 spiro atoms. The molecule has 1 fully saturated rings. The Morgan fingerprint density at radius 2 is 2.04 bits per heavy atom. The predicted octanol–water partition coefficient (Wildman–Crippen LogP) is 3.89. The molecular weight excluding hydrogens is 454 g/mol. The van der Waals surface area contributed by atoms with Gasteiger partial charge in [0.2, 0.25) is 0 Å². The lowest BCUT2D eigenvalue weighted by Crippen LogP contribution is -2.40. The Morgan fingerprint density at radius 1 is 1.38 bits per heavy atom. The van der Waals surface area contributed by atoms with Crippen LogP contribution in [0, 0.1) is 0 Å². The van der Waals surface area contributed by atoms with E-state index >= 15 is 0 Å². The second-order valence-corrected chi connectivity index (χ2v) is 7.33. The summed E-state index contributed by atoms with van der Waals surface area (Å²) in [5.74, 6) is 1.26. The number of halogens is 4. The third-order valence-electron chi connectivity index (χ3n) is 3.53. The smallest absolute Gasteiger partial charge is 0.406 e. The zero-order valence-electron chi connectivity index (χ0n) is 13.2. The highest BCUT2D eigenvalue weighted by Gasteiger charge is 2.31. The van der Waals surface area contributed by atoms with Crippen molar-refractivity contribution in [2.24, 2.45) is 10.7 Å². The number of rotatable bonds is 5. The molecule has 0 saturated carbocycles. The Kier molecular flexibility index (Phi) is 7.97. The van der Waals surface area contributed by atoms with Gasteiger partial charge in [-0.3, -0.25) is 0 Å². The first-order valence-electron chi connectivity index (χ1n) is 7.28. The van der Waals surface area contributed by atoms with E-state index in [0.717, 1.165) is 18.5 Å². The van der Waals surface area contributed by atoms with Crippen LogP contribution in [-0.4, -0.2) is 29.4 Å². The molecule has 1 heterocycles. The summed E-state index contributed by atoms with van der Waals surface area (Å²) in [6.07, 6.45) is -2.31. The molecular formula is C15H21F3IN3OS. The fourth-order valence-corrected chi connectivity index (χ4v) is 3.53. The third kappa shape index (κ3) is 7.37. The van der Waals surface area contributed by atoms with Crippen LogP contribution in [0.2, 0.25) is 0 Å². The molecule has 1 aliphatic heterocycles. The fraction of sp³-hybridized carbons (Fsp3) is 0.533. The molecule has 136 valence electrons. The standard InChI is InChI=1S/C15H20F3N3OS.HI/c1-14(7-2-8-23-14)10-21-13(19)20-9-11-3-5-12(6-4-11)22-15(16,17)18;/h3-6H,2,7-10H2,1H3,(H3,19,20,21);1H. The maximum Gasteiger partial charge on any atom is 0.573 e. The molecule has 1 saturated heterocycles. The molecule has 0 radical (unpaired) electrons. The van der Waals surface area contributed by atoms with E-state index in [9.17, 15) is 13.2 Å². The summed E-state index contributed by atoms with van der Waals surface area (Å²) in [6.45, 7) is 3.25. The highest BCUT2D eigenvalue weighted by atomic mass is 127. The SMILES string of the molecule is CC1(CNC(N)=NCc2ccc(OC(F)(F)F)cc2)CCCS1.I. The zero-order chi connectivity index (χ0) is 16.9. The number of alkyl halides is 3. The molecule has 3 N–H and O–H groups in total. The van der Waals surface area contributed by atoms with E-state index in [1.807, 2.05) is 11.8 Å². The molecule has 0 bridgehead atoms. The van der Waals surface area contributed by atoms with Gasteiger partial charge in [-0.15, -0.1) is 37.1 Å². The van der Waals surface area contributed by atoms with Gasteiger partial charge in [0, 0.05) is 11.3 Å². The number of nitrogens with one attached hydrogen (secondary N) is 1. The highest BCUT2D eigenvalue weighted by Crippen LogP contribution is 2.36. The fourth-order valence-electron chi connectivity index (χ4n) is 2.28. The van der Waals surface area contributed by atoms with Gasteiger partial charge in [0.05, 0.1) is 6.54 Å². The number of ether oxygens (including phenoxy) is 1. The summed E-state index contributed by atoms with van der Waals surface area (Å²) in [5, 5.41) is 3.11. The molecule has 1 aromatic carbocycles. The first kappa shape index (κ1) is 21.2. The lowest BCUT2D eigenvalue weighted by atomic mass is 10.1. The van der Waals surface area contributed by atoms with Crippen molar-refractivity contribution in [1.82, 2.24) is 5.32 Å². The second-order valence-electron chi connectivity index (χ2n) is 5.65. The monoisotopic (exact) mass is 475 g/mol. The topological polar surface area (TPSA) is 59.6 Å². The lowest BCUT2D eigenvalue weighted by molar-refractivity contribution is -0.274. The Hall–Kier alpha value is -0.840. The Balaban J connectivity index is 0.00000288. The maximum absolute atomic E-state index is 12.1. The van der Waals surface area contributed by atoms with Crippen LogP contribution in [0.1, 0.15) is 25.3 Å². The van der Waals surface area contributed by atoms with Crippen molar-refractivity contribution in [2.75, 3.05) is 12.3 Å². The lowest BCUT2D eigenvalue weighted by Gasteiger charge is -2.23. The van der Waals surface area contributed by atoms with E-state index in [2.05, 4.69) is 22.0 Å². The van der Waals surface area contributed by atoms with Gasteiger partial charge >= 0.3 is 6.36 Å². The number of hydrogen-bond acceptors (Lipinski definition) is 3. The van der Waals surface area contributed by atoms with Crippen molar-refractivity contribution in [1.29, 1.82) is 0 Å². The average molecular weight is 475 g/mol. The predicted molar refractivity (Wildman–Crippen MR) is 102 cm³/mol. The molecule has 2 rings (SSSR count). The van der Waals surface area contributed by atoms with E-state index in [4.69, 9.17) is 5.73 Å². The van der Waals surface area contributed by atoms with Gasteiger partial charge in [-0.05, 0) is 43.2 Å². The Morgan fingerprint density at radius 3 is 2.58 bits per heavy atom. The Labute approximate surface area is 160 Å². The van der Waals surface area contributed by atoms with E-state index < -0.39 is 6.36 Å². The van der Waals surface area contributed by atoms with Gasteiger partial charge in [-0.2, -0.15) is 11.8 Å². The summed E-state index contributed by atoms with van der Waals surface area (Å²) < 4.78 is 40.2. The molecule has 4 nitrogen and oxygen atoms in total. The molecule has 1 aromatic rings. The minimum atomic E-state index is -4.68. The van der Waals surface area contributed by atoms with Crippen LogP contribution < -0.4 is 15.8 Å². The molecule has 1 atom stereocenters. The number of benzene rings is 1. The number of hydrogen-bond donors (Lipinski definition) is 2. The van der Waals surface area contributed by atoms with Crippen molar-refractivity contribution in [3.05, 3.63) is 29.8 Å². The van der Waals surface area contributed by atoms with Crippen molar-refractivity contribution in [3.63, 3.8) is 0 Å². The van der Waals surface area contributed by atoms with Gasteiger partial charge in [0.15, 0.2) is 5.96 Å². The van der Waals surface area contributed by atoms with Gasteiger partial charge in [0.1, 0.15) is 5.75 Å². The number of thioether (sulfide) groups is 1. The summed E-state index contributed by atoms with van der Waals surface area (Å²) in [5.41, 5.74) is 6.58. The van der Waals surface area contributed by atoms with Gasteiger partial charge in [0.25, 0.3) is 0 Å². The minimum absolute atomic E-state index is 0. The van der Waals surface area contributed by atoms with Gasteiger partial charge in [-0.1, -0.05) is 12.1 Å². The van der Waals surface area contributed by atoms with Crippen molar-refractivity contribution in [2.45, 2.75) is 37.4 Å². The molecule has 1 unspecified atom stereocenters. The largest absolute Gasteiger partial charge is 0.573 e. The van der Waals surface area contributed by atoms with Gasteiger partial charge in [-0.25, -0.2) is 4.99 Å². The van der Waals surface area contributed by atoms with E-state index in [1.165, 1.54) is 36.4 Å². The van der Waals surface area contributed by atoms with Crippen LogP contribution in [0.4, 0.5) is 13.2 Å². The second kappa shape index (κ2) is 9.02. The number of aliphatic imine (C=N–C) groups is 1. The molecule has 9 heteroatoms. The third-order valence-corrected chi connectivity index (χ3v) is 5.07. The van der Waals surface area contributed by atoms with Crippen LogP contribution in [0.3, 0.4) is 0 Å². The maximum atomic E-state index is 12.1. The first-order chi connectivity index (χ1) is 10.8. The van der Waals surface area contributed by atoms with Crippen LogP contribution in [0.25, 0.3) is 0 Å². The normalized spacial score (nSPS) is 21.2. The van der Waals surface area contributed by atoms with Crippen LogP contribution >= 0.6 is 35.7 Å². The quantitative estimate of drug-likeness (QED) is 0.386. The van der Waals surface area contributed by atoms with E-state index in [-0.39, 0.29) is 34.5 Å². The van der Waals surface area contributed by atoms with Crippen LogP contribution in [-0.2, 0) is 6.54 Å². The summed E-state index contributed by atoms with van der Waals surface area (Å²) in [6, 6.07) is 5.59. The zero-order valence-corrected chi connectivity index (χ0v) is 16.4. The minimum Gasteiger partial charge on any atom is -0.406 e. The molecule has 0 amide bonds. The molecule has 1 aliphatic rings. The average Bonchev–Trinajstić information content (AvgIpc) is 2.90. The molecule has 0 aliphatic carbocycles. The first-order valence-corrected chi connectivity index (χ1v) is 8.27. The van der Waals surface area contributed by atoms with Crippen LogP contribution in [0.15, 0.2) is 29.3 Å². The van der Waals surface area contributed by atoms with Crippen molar-refractivity contribution >= 4 is 41.7 Å². The molecule has 24 heavy (non-hydrogen) atoms. The summed E-state index contributed by atoms with van der Waals surface area (Å²) >= 11 is 1.93. The van der Waals surface area contributed by atoms with Gasteiger partial charge < -0.3 is 15.8 Å². The van der Waals surface area contributed by atoms with Crippen molar-refractivity contribution < 1.29 is 17.9 Å². The van der Waals surface area contributed by atoms with E-state index in [1.54, 1.807) is 0 Å². The number of nitrogens with zero attached hydrogens (tertiary/aromatic N) is 1. The number of nitrogens with two attached hydrogens (primary N) is 1. The van der Waals surface area contributed by atoms with Crippen LogP contribution in [0.5, 0.6) is 5.75 Å². The highest BCUT2D eigenvalue weighted by molar-refractivity contribution is 14.0. The number of guanidine groups is 1. The molecule has 0 aromatic heterocycles. The summed E-state index contributed by atoms with van der Waals surface area (Å²) in [4.78, 5) is 4.20. The van der Waals surface area contributed by atoms with Crippen molar-refractivity contribution in [3.8, 4) is 5.75 Å².